The fourth-order valence-electron chi connectivity index (χ4n) is 2.19. The van der Waals surface area contributed by atoms with Gasteiger partial charge in [0.05, 0.1) is 4.90 Å². The van der Waals surface area contributed by atoms with E-state index in [9.17, 15) is 8.42 Å². The molecule has 1 heterocycles. The Hall–Kier alpha value is -0.390. The number of sulfonamides is 1. The van der Waals surface area contributed by atoms with Crippen molar-refractivity contribution in [1.82, 2.24) is 4.31 Å². The van der Waals surface area contributed by atoms with Gasteiger partial charge in [0, 0.05) is 17.1 Å². The monoisotopic (exact) mass is 317 g/mol. The van der Waals surface area contributed by atoms with Crippen LogP contribution < -0.4 is 0 Å². The van der Waals surface area contributed by atoms with Gasteiger partial charge in [-0.05, 0) is 38.0 Å². The van der Waals surface area contributed by atoms with Gasteiger partial charge in [0.1, 0.15) is 0 Å². The molecule has 17 heavy (non-hydrogen) atoms. The van der Waals surface area contributed by atoms with Crippen LogP contribution in [0.5, 0.6) is 0 Å². The van der Waals surface area contributed by atoms with Gasteiger partial charge in [-0.15, -0.1) is 0 Å². The predicted octanol–water partition coefficient (Wildman–Crippen LogP) is 3.01. The van der Waals surface area contributed by atoms with Gasteiger partial charge in [-0.3, -0.25) is 0 Å². The average molecular weight is 318 g/mol. The molecular weight excluding hydrogens is 302 g/mol. The van der Waals surface area contributed by atoms with Gasteiger partial charge < -0.3 is 0 Å². The van der Waals surface area contributed by atoms with Crippen molar-refractivity contribution >= 4 is 26.0 Å². The molecule has 0 bridgehead atoms. The first-order valence-corrected chi connectivity index (χ1v) is 8.02. The number of hydrogen-bond acceptors (Lipinski definition) is 2. The van der Waals surface area contributed by atoms with Crippen molar-refractivity contribution in [3.63, 3.8) is 0 Å². The molecule has 0 amide bonds. The SMILES string of the molecule is CC1CCCCN1S(=O)(=O)c1cccc(Br)c1. The second kappa shape index (κ2) is 5.08. The molecule has 0 spiro atoms. The van der Waals surface area contributed by atoms with Crippen molar-refractivity contribution in [3.05, 3.63) is 28.7 Å². The Bertz CT molecular complexity index is 501. The van der Waals surface area contributed by atoms with E-state index in [2.05, 4.69) is 15.9 Å². The Balaban J connectivity index is 2.35. The maximum Gasteiger partial charge on any atom is 0.243 e. The molecule has 0 aromatic heterocycles. The lowest BCUT2D eigenvalue weighted by atomic mass is 10.1. The van der Waals surface area contributed by atoms with Crippen LogP contribution in [-0.2, 0) is 10.0 Å². The van der Waals surface area contributed by atoms with E-state index >= 15 is 0 Å². The third-order valence-electron chi connectivity index (χ3n) is 3.14. The van der Waals surface area contributed by atoms with Gasteiger partial charge in [0.2, 0.25) is 10.0 Å². The predicted molar refractivity (Wildman–Crippen MR) is 71.3 cm³/mol. The van der Waals surface area contributed by atoms with Gasteiger partial charge in [-0.1, -0.05) is 28.4 Å². The first-order valence-electron chi connectivity index (χ1n) is 5.79. The van der Waals surface area contributed by atoms with E-state index in [-0.39, 0.29) is 6.04 Å². The third-order valence-corrected chi connectivity index (χ3v) is 5.65. The van der Waals surface area contributed by atoms with E-state index in [0.717, 1.165) is 23.7 Å². The van der Waals surface area contributed by atoms with Crippen LogP contribution in [0, 0.1) is 0 Å². The maximum absolute atomic E-state index is 12.5. The number of piperidine rings is 1. The van der Waals surface area contributed by atoms with Gasteiger partial charge in [-0.2, -0.15) is 4.31 Å². The van der Waals surface area contributed by atoms with Crippen molar-refractivity contribution in [2.24, 2.45) is 0 Å². The summed E-state index contributed by atoms with van der Waals surface area (Å²) in [5, 5.41) is 0. The lowest BCUT2D eigenvalue weighted by Gasteiger charge is -2.32. The summed E-state index contributed by atoms with van der Waals surface area (Å²) in [6.07, 6.45) is 3.02. The standard InChI is InChI=1S/C12H16BrNO2S/c1-10-5-2-3-8-14(10)17(15,16)12-7-4-6-11(13)9-12/h4,6-7,9-10H,2-3,5,8H2,1H3. The Morgan fingerprint density at radius 1 is 1.35 bits per heavy atom. The zero-order chi connectivity index (χ0) is 12.5. The average Bonchev–Trinajstić information content (AvgIpc) is 2.29. The largest absolute Gasteiger partial charge is 0.243 e. The van der Waals surface area contributed by atoms with Crippen LogP contribution in [-0.4, -0.2) is 25.3 Å². The molecule has 0 aliphatic carbocycles. The van der Waals surface area contributed by atoms with E-state index in [0.29, 0.717) is 11.4 Å². The molecule has 0 saturated carbocycles. The quantitative estimate of drug-likeness (QED) is 0.840. The van der Waals surface area contributed by atoms with Crippen LogP contribution >= 0.6 is 15.9 Å². The normalized spacial score (nSPS) is 22.6. The third kappa shape index (κ3) is 2.72. The summed E-state index contributed by atoms with van der Waals surface area (Å²) in [5.74, 6) is 0. The molecule has 3 nitrogen and oxygen atoms in total. The summed E-state index contributed by atoms with van der Waals surface area (Å²) in [7, 11) is -3.33. The number of nitrogens with zero attached hydrogens (tertiary/aromatic N) is 1. The Morgan fingerprint density at radius 2 is 2.12 bits per heavy atom. The van der Waals surface area contributed by atoms with Gasteiger partial charge in [0.15, 0.2) is 0 Å². The van der Waals surface area contributed by atoms with Crippen LogP contribution in [0.1, 0.15) is 26.2 Å². The second-order valence-electron chi connectivity index (χ2n) is 4.42. The first-order chi connectivity index (χ1) is 8.01. The van der Waals surface area contributed by atoms with Crippen LogP contribution in [0.3, 0.4) is 0 Å². The van der Waals surface area contributed by atoms with Crippen LogP contribution in [0.4, 0.5) is 0 Å². The smallest absolute Gasteiger partial charge is 0.207 e. The summed E-state index contributed by atoms with van der Waals surface area (Å²) < 4.78 is 27.3. The van der Waals surface area contributed by atoms with E-state index in [1.54, 1.807) is 22.5 Å². The van der Waals surface area contributed by atoms with E-state index in [1.807, 2.05) is 13.0 Å². The Labute approximate surface area is 111 Å². The first kappa shape index (κ1) is 13.1. The van der Waals surface area contributed by atoms with E-state index < -0.39 is 10.0 Å². The highest BCUT2D eigenvalue weighted by Crippen LogP contribution is 2.26. The lowest BCUT2D eigenvalue weighted by Crippen LogP contribution is -2.41. The summed E-state index contributed by atoms with van der Waals surface area (Å²) in [4.78, 5) is 0.376. The maximum atomic E-state index is 12.5. The molecule has 1 saturated heterocycles. The van der Waals surface area contributed by atoms with Crippen LogP contribution in [0.2, 0.25) is 0 Å². The minimum Gasteiger partial charge on any atom is -0.207 e. The minimum atomic E-state index is -3.33. The zero-order valence-electron chi connectivity index (χ0n) is 9.77. The number of rotatable bonds is 2. The number of halogens is 1. The number of benzene rings is 1. The molecule has 0 radical (unpaired) electrons. The van der Waals surface area contributed by atoms with E-state index in [1.165, 1.54) is 0 Å². The molecule has 1 atom stereocenters. The molecule has 1 aromatic rings. The fourth-order valence-corrected chi connectivity index (χ4v) is 4.49. The Morgan fingerprint density at radius 3 is 2.76 bits per heavy atom. The lowest BCUT2D eigenvalue weighted by molar-refractivity contribution is 0.268. The highest BCUT2D eigenvalue weighted by atomic mass is 79.9. The molecule has 94 valence electrons. The van der Waals surface area contributed by atoms with Crippen molar-refractivity contribution in [1.29, 1.82) is 0 Å². The van der Waals surface area contributed by atoms with Crippen LogP contribution in [0.25, 0.3) is 0 Å². The molecule has 2 rings (SSSR count). The summed E-state index contributed by atoms with van der Waals surface area (Å²) in [5.41, 5.74) is 0. The van der Waals surface area contributed by atoms with Crippen LogP contribution in [0.15, 0.2) is 33.6 Å². The van der Waals surface area contributed by atoms with Crippen molar-refractivity contribution in [3.8, 4) is 0 Å². The summed E-state index contributed by atoms with van der Waals surface area (Å²) in [6, 6.07) is 7.01. The number of hydrogen-bond donors (Lipinski definition) is 0. The van der Waals surface area contributed by atoms with Gasteiger partial charge in [0.25, 0.3) is 0 Å². The van der Waals surface area contributed by atoms with Gasteiger partial charge in [-0.25, -0.2) is 8.42 Å². The molecule has 5 heteroatoms. The molecule has 1 aromatic carbocycles. The molecule has 1 aliphatic rings. The summed E-state index contributed by atoms with van der Waals surface area (Å²) in [6.45, 7) is 2.62. The highest BCUT2D eigenvalue weighted by molar-refractivity contribution is 9.10. The molecular formula is C12H16BrNO2S. The molecule has 1 unspecified atom stereocenters. The highest BCUT2D eigenvalue weighted by Gasteiger charge is 2.30. The molecule has 1 fully saturated rings. The topological polar surface area (TPSA) is 37.4 Å². The summed E-state index contributed by atoms with van der Waals surface area (Å²) >= 11 is 3.31. The zero-order valence-corrected chi connectivity index (χ0v) is 12.2. The fraction of sp³-hybridized carbons (Fsp3) is 0.500. The van der Waals surface area contributed by atoms with Crippen molar-refractivity contribution in [2.75, 3.05) is 6.54 Å². The van der Waals surface area contributed by atoms with Gasteiger partial charge >= 0.3 is 0 Å². The van der Waals surface area contributed by atoms with Crippen molar-refractivity contribution < 1.29 is 8.42 Å². The van der Waals surface area contributed by atoms with Crippen molar-refractivity contribution in [2.45, 2.75) is 37.1 Å². The molecule has 1 aliphatic heterocycles. The Kier molecular flexibility index (Phi) is 3.90. The molecule has 0 N–H and O–H groups in total. The second-order valence-corrected chi connectivity index (χ2v) is 7.22. The van der Waals surface area contributed by atoms with E-state index in [4.69, 9.17) is 0 Å². The minimum absolute atomic E-state index is 0.104.